The van der Waals surface area contributed by atoms with Crippen LogP contribution < -0.4 is 0 Å². The molecule has 122 valence electrons. The van der Waals surface area contributed by atoms with Gasteiger partial charge in [0.2, 0.25) is 5.91 Å². The Balaban J connectivity index is 1.99. The quantitative estimate of drug-likeness (QED) is 0.848. The van der Waals surface area contributed by atoms with Gasteiger partial charge in [-0.2, -0.15) is 0 Å². The monoisotopic (exact) mass is 334 g/mol. The van der Waals surface area contributed by atoms with Gasteiger partial charge in [-0.1, -0.05) is 23.7 Å². The van der Waals surface area contributed by atoms with E-state index in [4.69, 9.17) is 16.0 Å². The van der Waals surface area contributed by atoms with Gasteiger partial charge in [0, 0.05) is 31.6 Å². The highest BCUT2D eigenvalue weighted by Gasteiger charge is 2.37. The Morgan fingerprint density at radius 3 is 2.74 bits per heavy atom. The summed E-state index contributed by atoms with van der Waals surface area (Å²) in [7, 11) is 3.41. The first kappa shape index (κ1) is 15.9. The van der Waals surface area contributed by atoms with Gasteiger partial charge in [-0.15, -0.1) is 0 Å². The number of fused-ring (bicyclic) bond motifs is 1. The zero-order valence-electron chi connectivity index (χ0n) is 13.4. The highest BCUT2D eigenvalue weighted by Crippen LogP contribution is 2.32. The van der Waals surface area contributed by atoms with Crippen LogP contribution in [0.15, 0.2) is 22.6 Å². The molecule has 1 saturated heterocycles. The summed E-state index contributed by atoms with van der Waals surface area (Å²) in [6, 6.07) is 5.02. The fraction of sp³-hybridized carbons (Fsp3) is 0.412. The van der Waals surface area contributed by atoms with Gasteiger partial charge in [0.15, 0.2) is 11.3 Å². The Kier molecular flexibility index (Phi) is 4.06. The van der Waals surface area contributed by atoms with Gasteiger partial charge in [-0.3, -0.25) is 9.59 Å². The molecule has 0 aliphatic carbocycles. The van der Waals surface area contributed by atoms with E-state index < -0.39 is 6.04 Å². The molecule has 2 heterocycles. The number of amides is 2. The van der Waals surface area contributed by atoms with Gasteiger partial charge in [-0.05, 0) is 25.8 Å². The van der Waals surface area contributed by atoms with Gasteiger partial charge in [-0.25, -0.2) is 0 Å². The Morgan fingerprint density at radius 2 is 2.09 bits per heavy atom. The number of carbonyl (C=O) groups is 2. The van der Waals surface area contributed by atoms with Crippen molar-refractivity contribution in [2.75, 3.05) is 20.6 Å². The summed E-state index contributed by atoms with van der Waals surface area (Å²) in [6.07, 6.45) is 1.50. The third-order valence-corrected chi connectivity index (χ3v) is 4.65. The number of aryl methyl sites for hydroxylation is 1. The summed E-state index contributed by atoms with van der Waals surface area (Å²) in [5.41, 5.74) is 1.28. The van der Waals surface area contributed by atoms with E-state index in [1.807, 2.05) is 19.1 Å². The van der Waals surface area contributed by atoms with E-state index in [1.54, 1.807) is 25.1 Å². The van der Waals surface area contributed by atoms with E-state index in [1.165, 1.54) is 4.90 Å². The first-order valence-corrected chi connectivity index (χ1v) is 7.99. The third kappa shape index (κ3) is 2.59. The van der Waals surface area contributed by atoms with Gasteiger partial charge in [0.1, 0.15) is 6.04 Å². The number of likely N-dealkylation sites (N-methyl/N-ethyl adjacent to an activating group) is 1. The van der Waals surface area contributed by atoms with Crippen LogP contribution in [0.3, 0.4) is 0 Å². The fourth-order valence-electron chi connectivity index (χ4n) is 3.11. The van der Waals surface area contributed by atoms with Crippen LogP contribution in [-0.4, -0.2) is 48.3 Å². The van der Waals surface area contributed by atoms with Crippen molar-refractivity contribution in [1.29, 1.82) is 0 Å². The molecule has 0 N–H and O–H groups in total. The topological polar surface area (TPSA) is 53.8 Å². The number of hydrogen-bond donors (Lipinski definition) is 0. The average Bonchev–Trinajstić information content (AvgIpc) is 3.12. The summed E-state index contributed by atoms with van der Waals surface area (Å²) < 4.78 is 5.74. The van der Waals surface area contributed by atoms with E-state index in [0.717, 1.165) is 17.4 Å². The van der Waals surface area contributed by atoms with Crippen LogP contribution >= 0.6 is 11.6 Å². The van der Waals surface area contributed by atoms with Crippen LogP contribution in [0.25, 0.3) is 11.0 Å². The molecule has 1 aromatic carbocycles. The molecule has 1 aliphatic heterocycles. The number of para-hydroxylation sites is 1. The number of likely N-dealkylation sites (tertiary alicyclic amines) is 1. The standard InChI is InChI=1S/C17H19ClN2O3/c1-10-11-6-4-7-12(18)15(11)23-14(10)17(22)20-9-5-8-13(20)16(21)19(2)3/h4,6-7,13H,5,8-9H2,1-3H3. The minimum atomic E-state index is -0.416. The van der Waals surface area contributed by atoms with Crippen LogP contribution in [0.5, 0.6) is 0 Å². The van der Waals surface area contributed by atoms with Crippen molar-refractivity contribution in [3.8, 4) is 0 Å². The summed E-state index contributed by atoms with van der Waals surface area (Å²) in [5, 5.41) is 1.31. The van der Waals surface area contributed by atoms with E-state index in [0.29, 0.717) is 23.6 Å². The molecule has 0 saturated carbocycles. The first-order valence-electron chi connectivity index (χ1n) is 7.61. The summed E-state index contributed by atoms with van der Waals surface area (Å²) >= 11 is 6.15. The Hall–Kier alpha value is -2.01. The number of nitrogens with zero attached hydrogens (tertiary/aromatic N) is 2. The van der Waals surface area contributed by atoms with Crippen molar-refractivity contribution in [3.05, 3.63) is 34.5 Å². The lowest BCUT2D eigenvalue weighted by molar-refractivity contribution is -0.132. The first-order chi connectivity index (χ1) is 10.9. The maximum atomic E-state index is 12.9. The summed E-state index contributed by atoms with van der Waals surface area (Å²) in [5.74, 6) is -0.0262. The maximum absolute atomic E-state index is 12.9. The molecule has 1 atom stereocenters. The van der Waals surface area contributed by atoms with Crippen LogP contribution in [-0.2, 0) is 4.79 Å². The molecular formula is C17H19ClN2O3. The molecule has 2 amide bonds. The lowest BCUT2D eigenvalue weighted by Gasteiger charge is -2.25. The minimum absolute atomic E-state index is 0.0531. The van der Waals surface area contributed by atoms with Gasteiger partial charge < -0.3 is 14.2 Å². The number of furan rings is 1. The molecule has 6 heteroatoms. The van der Waals surface area contributed by atoms with Crippen molar-refractivity contribution in [1.82, 2.24) is 9.80 Å². The molecule has 2 aromatic rings. The predicted molar refractivity (Wildman–Crippen MR) is 88.7 cm³/mol. The van der Waals surface area contributed by atoms with Crippen LogP contribution in [0.4, 0.5) is 0 Å². The summed E-state index contributed by atoms with van der Waals surface area (Å²) in [4.78, 5) is 28.3. The third-order valence-electron chi connectivity index (χ3n) is 4.35. The largest absolute Gasteiger partial charge is 0.449 e. The lowest BCUT2D eigenvalue weighted by atomic mass is 10.1. The van der Waals surface area contributed by atoms with Crippen LogP contribution in [0.1, 0.15) is 29.0 Å². The molecule has 23 heavy (non-hydrogen) atoms. The normalized spacial score (nSPS) is 17.7. The van der Waals surface area contributed by atoms with Crippen molar-refractivity contribution in [3.63, 3.8) is 0 Å². The lowest BCUT2D eigenvalue weighted by Crippen LogP contribution is -2.45. The zero-order chi connectivity index (χ0) is 16.7. The highest BCUT2D eigenvalue weighted by molar-refractivity contribution is 6.35. The van der Waals surface area contributed by atoms with E-state index in [9.17, 15) is 9.59 Å². The Morgan fingerprint density at radius 1 is 1.35 bits per heavy atom. The number of halogens is 1. The van der Waals surface area contributed by atoms with Gasteiger partial charge in [0.05, 0.1) is 5.02 Å². The highest BCUT2D eigenvalue weighted by atomic mass is 35.5. The van der Waals surface area contributed by atoms with Gasteiger partial charge >= 0.3 is 0 Å². The smallest absolute Gasteiger partial charge is 0.290 e. The van der Waals surface area contributed by atoms with E-state index in [2.05, 4.69) is 0 Å². The second-order valence-corrected chi connectivity index (χ2v) is 6.47. The van der Waals surface area contributed by atoms with Crippen molar-refractivity contribution in [2.24, 2.45) is 0 Å². The van der Waals surface area contributed by atoms with Crippen molar-refractivity contribution >= 4 is 34.4 Å². The molecule has 5 nitrogen and oxygen atoms in total. The summed E-state index contributed by atoms with van der Waals surface area (Å²) in [6.45, 7) is 2.40. The minimum Gasteiger partial charge on any atom is -0.449 e. The molecular weight excluding hydrogens is 316 g/mol. The number of hydrogen-bond acceptors (Lipinski definition) is 3. The van der Waals surface area contributed by atoms with Crippen molar-refractivity contribution in [2.45, 2.75) is 25.8 Å². The predicted octanol–water partition coefficient (Wildman–Crippen LogP) is 3.09. The van der Waals surface area contributed by atoms with E-state index in [-0.39, 0.29) is 17.6 Å². The molecule has 1 aromatic heterocycles. The molecule has 3 rings (SSSR count). The molecule has 1 fully saturated rings. The second kappa shape index (κ2) is 5.89. The van der Waals surface area contributed by atoms with Crippen molar-refractivity contribution < 1.29 is 14.0 Å². The Bertz CT molecular complexity index is 781. The zero-order valence-corrected chi connectivity index (χ0v) is 14.2. The molecule has 1 unspecified atom stereocenters. The van der Waals surface area contributed by atoms with Gasteiger partial charge in [0.25, 0.3) is 5.91 Å². The van der Waals surface area contributed by atoms with Crippen LogP contribution in [0, 0.1) is 6.92 Å². The molecule has 1 aliphatic rings. The average molecular weight is 335 g/mol. The SMILES string of the molecule is Cc1c(C(=O)N2CCCC2C(=O)N(C)C)oc2c(Cl)cccc12. The van der Waals surface area contributed by atoms with Crippen LogP contribution in [0.2, 0.25) is 5.02 Å². The molecule has 0 spiro atoms. The van der Waals surface area contributed by atoms with E-state index >= 15 is 0 Å². The number of rotatable bonds is 2. The molecule has 0 bridgehead atoms. The second-order valence-electron chi connectivity index (χ2n) is 6.06. The fourth-order valence-corrected chi connectivity index (χ4v) is 3.32. The molecule has 0 radical (unpaired) electrons. The maximum Gasteiger partial charge on any atom is 0.290 e. The number of benzene rings is 1. The Labute approximate surface area is 139 Å². The number of carbonyl (C=O) groups excluding carboxylic acids is 2.